The first-order valence-electron chi connectivity index (χ1n) is 10.5. The zero-order chi connectivity index (χ0) is 18.5. The Balaban J connectivity index is 1.46. The highest BCUT2D eigenvalue weighted by atomic mass is 16.4. The maximum atomic E-state index is 11.6. The third kappa shape index (κ3) is 2.60. The van der Waals surface area contributed by atoms with Gasteiger partial charge in [0.25, 0.3) is 0 Å². The lowest BCUT2D eigenvalue weighted by atomic mass is 9.49. The van der Waals surface area contributed by atoms with Crippen molar-refractivity contribution in [3.8, 4) is 0 Å². The van der Waals surface area contributed by atoms with Crippen molar-refractivity contribution in [1.29, 1.82) is 0 Å². The Morgan fingerprint density at radius 2 is 1.92 bits per heavy atom. The largest absolute Gasteiger partial charge is 0.478 e. The second-order valence-electron chi connectivity index (χ2n) is 9.02. The van der Waals surface area contributed by atoms with Gasteiger partial charge in [-0.15, -0.1) is 0 Å². The van der Waals surface area contributed by atoms with Gasteiger partial charge in [0.2, 0.25) is 0 Å². The first-order chi connectivity index (χ1) is 12.5. The van der Waals surface area contributed by atoms with E-state index in [-0.39, 0.29) is 17.4 Å². The van der Waals surface area contributed by atoms with Gasteiger partial charge in [-0.1, -0.05) is 57.6 Å². The van der Waals surface area contributed by atoms with Crippen LogP contribution in [-0.2, 0) is 4.79 Å². The number of aliphatic hydroxyl groups is 2. The van der Waals surface area contributed by atoms with E-state index in [2.05, 4.69) is 13.0 Å². The van der Waals surface area contributed by atoms with E-state index in [9.17, 15) is 20.1 Å². The fourth-order valence-electron chi connectivity index (χ4n) is 6.70. The lowest BCUT2D eigenvalue weighted by molar-refractivity contribution is -0.139. The SMILES string of the molecule is CCCCCCCCC1C2C=CC3(O)C(C(=O)O)=CC(O)C4CC1C2C43. The second kappa shape index (κ2) is 6.79. The minimum Gasteiger partial charge on any atom is -0.478 e. The zero-order valence-corrected chi connectivity index (χ0v) is 15.7. The molecule has 0 radical (unpaired) electrons. The summed E-state index contributed by atoms with van der Waals surface area (Å²) in [4.78, 5) is 11.6. The maximum absolute atomic E-state index is 11.6. The Kier molecular flexibility index (Phi) is 4.77. The van der Waals surface area contributed by atoms with Gasteiger partial charge in [0.1, 0.15) is 5.60 Å². The molecule has 0 bridgehead atoms. The van der Waals surface area contributed by atoms with E-state index in [4.69, 9.17) is 0 Å². The van der Waals surface area contributed by atoms with Gasteiger partial charge in [0.05, 0.1) is 11.7 Å². The summed E-state index contributed by atoms with van der Waals surface area (Å²) >= 11 is 0. The summed E-state index contributed by atoms with van der Waals surface area (Å²) in [5, 5.41) is 31.2. The molecule has 0 aliphatic heterocycles. The first kappa shape index (κ1) is 18.2. The van der Waals surface area contributed by atoms with Crippen LogP contribution in [0.3, 0.4) is 0 Å². The van der Waals surface area contributed by atoms with Gasteiger partial charge in [-0.25, -0.2) is 4.79 Å². The van der Waals surface area contributed by atoms with Gasteiger partial charge < -0.3 is 15.3 Å². The molecule has 8 atom stereocenters. The van der Waals surface area contributed by atoms with Crippen molar-refractivity contribution < 1.29 is 20.1 Å². The number of hydrogen-bond acceptors (Lipinski definition) is 3. The monoisotopic (exact) mass is 360 g/mol. The standard InChI is InChI=1S/C22H32O4/c1-2-3-4-5-6-7-8-13-14-9-10-22(26)17(21(24)25)12-18(23)16-11-15(13)19(14)20(16)22/h9-10,12-16,18-20,23,26H,2-8,11H2,1H3,(H,24,25). The number of unbranched alkanes of at least 4 members (excludes halogenated alkanes) is 5. The third-order valence-electron chi connectivity index (χ3n) is 7.81. The summed E-state index contributed by atoms with van der Waals surface area (Å²) in [5.41, 5.74) is -1.42. The number of aliphatic carboxylic acids is 1. The zero-order valence-electron chi connectivity index (χ0n) is 15.7. The van der Waals surface area contributed by atoms with Crippen LogP contribution in [0.5, 0.6) is 0 Å². The molecule has 0 aromatic rings. The topological polar surface area (TPSA) is 77.8 Å². The quantitative estimate of drug-likeness (QED) is 0.457. The molecule has 4 heteroatoms. The van der Waals surface area contributed by atoms with Crippen molar-refractivity contribution in [3.05, 3.63) is 23.8 Å². The van der Waals surface area contributed by atoms with Crippen molar-refractivity contribution in [3.63, 3.8) is 0 Å². The van der Waals surface area contributed by atoms with Gasteiger partial charge >= 0.3 is 5.97 Å². The fraction of sp³-hybridized carbons (Fsp3) is 0.773. The summed E-state index contributed by atoms with van der Waals surface area (Å²) < 4.78 is 0. The van der Waals surface area contributed by atoms with Crippen LogP contribution < -0.4 is 0 Å². The second-order valence-corrected chi connectivity index (χ2v) is 9.02. The number of rotatable bonds is 8. The average molecular weight is 360 g/mol. The van der Waals surface area contributed by atoms with E-state index in [1.165, 1.54) is 51.0 Å². The molecule has 8 unspecified atom stereocenters. The molecule has 4 aliphatic rings. The summed E-state index contributed by atoms with van der Waals surface area (Å²) in [5.74, 6) is 0.759. The maximum Gasteiger partial charge on any atom is 0.334 e. The van der Waals surface area contributed by atoms with Gasteiger partial charge in [0.15, 0.2) is 0 Å². The van der Waals surface area contributed by atoms with Gasteiger partial charge in [-0.2, -0.15) is 0 Å². The van der Waals surface area contributed by atoms with Crippen LogP contribution in [0.4, 0.5) is 0 Å². The molecule has 4 aliphatic carbocycles. The summed E-state index contributed by atoms with van der Waals surface area (Å²) in [6.07, 6.45) is 14.5. The number of aliphatic hydroxyl groups excluding tert-OH is 1. The Labute approximate surface area is 156 Å². The number of carbonyl (C=O) groups is 1. The van der Waals surface area contributed by atoms with Crippen molar-refractivity contribution >= 4 is 5.97 Å². The van der Waals surface area contributed by atoms with Gasteiger partial charge in [-0.05, 0) is 48.5 Å². The predicted molar refractivity (Wildman–Crippen MR) is 99.4 cm³/mol. The van der Waals surface area contributed by atoms with Crippen LogP contribution in [0.25, 0.3) is 0 Å². The van der Waals surface area contributed by atoms with Gasteiger partial charge in [-0.3, -0.25) is 0 Å². The normalized spacial score (nSPS) is 45.0. The molecule has 4 nitrogen and oxygen atoms in total. The van der Waals surface area contributed by atoms with Gasteiger partial charge in [0, 0.05) is 5.92 Å². The van der Waals surface area contributed by atoms with Crippen molar-refractivity contribution in [2.75, 3.05) is 0 Å². The summed E-state index contributed by atoms with van der Waals surface area (Å²) in [7, 11) is 0. The third-order valence-corrected chi connectivity index (χ3v) is 7.81. The molecule has 0 aromatic heterocycles. The summed E-state index contributed by atoms with van der Waals surface area (Å²) in [6.45, 7) is 2.24. The Hall–Kier alpha value is -1.13. The highest BCUT2D eigenvalue weighted by molar-refractivity contribution is 5.90. The predicted octanol–water partition coefficient (Wildman–Crippen LogP) is 3.54. The first-order valence-corrected chi connectivity index (χ1v) is 10.5. The molecule has 3 N–H and O–H groups in total. The van der Waals surface area contributed by atoms with E-state index in [0.29, 0.717) is 23.7 Å². The summed E-state index contributed by atoms with van der Waals surface area (Å²) in [6, 6.07) is 0. The minimum absolute atomic E-state index is 0.0000965. The number of allylic oxidation sites excluding steroid dienone is 1. The Morgan fingerprint density at radius 3 is 2.65 bits per heavy atom. The lowest BCUT2D eigenvalue weighted by Crippen LogP contribution is -2.58. The van der Waals surface area contributed by atoms with E-state index in [0.717, 1.165) is 6.42 Å². The smallest absolute Gasteiger partial charge is 0.334 e. The van der Waals surface area contributed by atoms with E-state index < -0.39 is 17.7 Å². The fourth-order valence-corrected chi connectivity index (χ4v) is 6.70. The Bertz CT molecular complexity index is 624. The van der Waals surface area contributed by atoms with Crippen LogP contribution in [0.15, 0.2) is 23.8 Å². The molecule has 0 spiro atoms. The number of carboxylic acids is 1. The molecular formula is C22H32O4. The average Bonchev–Trinajstić information content (AvgIpc) is 2.96. The van der Waals surface area contributed by atoms with Crippen molar-refractivity contribution in [2.45, 2.75) is 70.0 Å². The van der Waals surface area contributed by atoms with Crippen LogP contribution in [0, 0.1) is 35.5 Å². The van der Waals surface area contributed by atoms with E-state index in [1.54, 1.807) is 6.08 Å². The Morgan fingerprint density at radius 1 is 1.19 bits per heavy atom. The molecule has 0 aromatic carbocycles. The molecule has 0 heterocycles. The van der Waals surface area contributed by atoms with Crippen LogP contribution in [0.2, 0.25) is 0 Å². The molecule has 4 rings (SSSR count). The van der Waals surface area contributed by atoms with Crippen LogP contribution in [0.1, 0.15) is 58.3 Å². The highest BCUT2D eigenvalue weighted by Crippen LogP contribution is 2.68. The number of carboxylic acid groups (broad SMARTS) is 1. The van der Waals surface area contributed by atoms with Crippen molar-refractivity contribution in [2.24, 2.45) is 35.5 Å². The molecule has 26 heavy (non-hydrogen) atoms. The van der Waals surface area contributed by atoms with E-state index in [1.807, 2.05) is 0 Å². The number of hydrogen-bond donors (Lipinski definition) is 3. The van der Waals surface area contributed by atoms with Crippen LogP contribution >= 0.6 is 0 Å². The van der Waals surface area contributed by atoms with Crippen molar-refractivity contribution in [1.82, 2.24) is 0 Å². The molecule has 0 amide bonds. The molecule has 2 saturated carbocycles. The lowest BCUT2D eigenvalue weighted by Gasteiger charge is -2.56. The van der Waals surface area contributed by atoms with E-state index >= 15 is 0 Å². The molecule has 144 valence electrons. The molecular weight excluding hydrogens is 328 g/mol. The minimum atomic E-state index is -1.39. The molecule has 2 fully saturated rings. The molecule has 0 saturated heterocycles. The highest BCUT2D eigenvalue weighted by Gasteiger charge is 2.68. The van der Waals surface area contributed by atoms with Crippen LogP contribution in [-0.4, -0.2) is 33.0 Å².